The number of likely N-dealkylation sites (tertiary alicyclic amines) is 1. The van der Waals surface area contributed by atoms with E-state index in [2.05, 4.69) is 40.6 Å². The van der Waals surface area contributed by atoms with Gasteiger partial charge in [-0.1, -0.05) is 25.5 Å². The van der Waals surface area contributed by atoms with E-state index in [1.165, 1.54) is 64.5 Å². The van der Waals surface area contributed by atoms with Gasteiger partial charge in [-0.3, -0.25) is 4.79 Å². The fourth-order valence-corrected chi connectivity index (χ4v) is 9.16. The monoisotopic (exact) mass is 451 g/mol. The molecule has 3 saturated carbocycles. The Balaban J connectivity index is 1.29. The summed E-state index contributed by atoms with van der Waals surface area (Å²) in [5.41, 5.74) is 2.19. The second kappa shape index (κ2) is 7.96. The summed E-state index contributed by atoms with van der Waals surface area (Å²) in [6, 6.07) is 0.983. The molecule has 0 amide bonds. The molecular weight excluding hydrogens is 410 g/mol. The van der Waals surface area contributed by atoms with Crippen molar-refractivity contribution in [2.75, 3.05) is 13.1 Å². The summed E-state index contributed by atoms with van der Waals surface area (Å²) < 4.78 is 8.30. The lowest BCUT2D eigenvalue weighted by atomic mass is 9.48. The Bertz CT molecular complexity index is 920. The molecule has 2 heterocycles. The number of allylic oxidation sites excluding steroid dienone is 1. The highest BCUT2D eigenvalue weighted by molar-refractivity contribution is 5.66. The van der Waals surface area contributed by atoms with Gasteiger partial charge in [-0.2, -0.15) is 0 Å². The van der Waals surface area contributed by atoms with E-state index >= 15 is 0 Å². The van der Waals surface area contributed by atoms with Gasteiger partial charge in [0.1, 0.15) is 6.10 Å². The van der Waals surface area contributed by atoms with Gasteiger partial charge in [0.25, 0.3) is 0 Å². The number of carbonyl (C=O) groups is 1. The van der Waals surface area contributed by atoms with E-state index in [0.29, 0.717) is 17.3 Å². The standard InChI is InChI=1S/C28H41N3O2/c1-19(32)33-26-25(31-15-12-29-18-31)17-24-22-7-6-20-16-21(30-13-4-5-14-30)8-10-27(20,2)23(22)9-11-28(24,26)3/h6,12,15,18,21-26H,4-5,7-11,13-14,16-17H2,1-3H3/t21-,22+,23-,24-,25-,26-,27-,28-/m0/s1. The highest BCUT2D eigenvalue weighted by atomic mass is 16.5. The second-order valence-electron chi connectivity index (χ2n) is 12.3. The summed E-state index contributed by atoms with van der Waals surface area (Å²) in [5, 5.41) is 0. The summed E-state index contributed by atoms with van der Waals surface area (Å²) in [6.07, 6.45) is 20.0. The van der Waals surface area contributed by atoms with Crippen LogP contribution in [0.25, 0.3) is 0 Å². The number of rotatable bonds is 3. The van der Waals surface area contributed by atoms with Crippen LogP contribution in [0.4, 0.5) is 0 Å². The van der Waals surface area contributed by atoms with Gasteiger partial charge in [-0.05, 0) is 94.0 Å². The number of hydrogen-bond donors (Lipinski definition) is 0. The Morgan fingerprint density at radius 3 is 2.70 bits per heavy atom. The highest BCUT2D eigenvalue weighted by Crippen LogP contribution is 2.67. The molecule has 4 aliphatic carbocycles. The molecule has 0 radical (unpaired) electrons. The van der Waals surface area contributed by atoms with Crippen molar-refractivity contribution in [3.05, 3.63) is 30.4 Å². The highest BCUT2D eigenvalue weighted by Gasteiger charge is 2.62. The van der Waals surface area contributed by atoms with E-state index < -0.39 is 0 Å². The van der Waals surface area contributed by atoms with Crippen LogP contribution in [0.3, 0.4) is 0 Å². The van der Waals surface area contributed by atoms with Crippen LogP contribution in [0, 0.1) is 28.6 Å². The Labute approximate surface area is 199 Å². The van der Waals surface area contributed by atoms with Gasteiger partial charge in [0.05, 0.1) is 12.4 Å². The van der Waals surface area contributed by atoms with E-state index in [1.807, 2.05) is 12.5 Å². The largest absolute Gasteiger partial charge is 0.460 e. The van der Waals surface area contributed by atoms with Gasteiger partial charge >= 0.3 is 5.97 Å². The van der Waals surface area contributed by atoms with Crippen LogP contribution in [0.15, 0.2) is 30.4 Å². The molecule has 5 nitrogen and oxygen atoms in total. The summed E-state index contributed by atoms with van der Waals surface area (Å²) in [6.45, 7) is 9.22. The molecule has 5 aliphatic rings. The fraction of sp³-hybridized carbons (Fsp3) is 0.786. The third-order valence-electron chi connectivity index (χ3n) is 10.9. The Morgan fingerprint density at radius 2 is 1.97 bits per heavy atom. The number of nitrogens with zero attached hydrogens (tertiary/aromatic N) is 3. The average Bonchev–Trinajstić information content (AvgIpc) is 3.54. The lowest BCUT2D eigenvalue weighted by Crippen LogP contribution is -2.52. The number of carbonyl (C=O) groups excluding carboxylic acids is 1. The molecule has 0 unspecified atom stereocenters. The van der Waals surface area contributed by atoms with Gasteiger partial charge in [0.2, 0.25) is 0 Å². The maximum atomic E-state index is 12.1. The number of aromatic nitrogens is 2. The SMILES string of the molecule is CC(=O)O[C@H]1[C@@H](n2ccnc2)C[C@H]2[C@@H]3CC=C4C[C@@H](N5CCCC5)CC[C@]4(C)[C@H]3CC[C@@]21C. The van der Waals surface area contributed by atoms with Crippen molar-refractivity contribution in [2.24, 2.45) is 28.6 Å². The van der Waals surface area contributed by atoms with Gasteiger partial charge in [0, 0.05) is 30.8 Å². The van der Waals surface area contributed by atoms with Crippen molar-refractivity contribution in [1.29, 1.82) is 0 Å². The van der Waals surface area contributed by atoms with Crippen molar-refractivity contribution >= 4 is 5.97 Å². The summed E-state index contributed by atoms with van der Waals surface area (Å²) in [7, 11) is 0. The maximum Gasteiger partial charge on any atom is 0.302 e. The fourth-order valence-electron chi connectivity index (χ4n) is 9.16. The zero-order valence-electron chi connectivity index (χ0n) is 20.7. The van der Waals surface area contributed by atoms with Crippen LogP contribution < -0.4 is 0 Å². The van der Waals surface area contributed by atoms with E-state index in [-0.39, 0.29) is 23.5 Å². The Kier molecular flexibility index (Phi) is 5.28. The third-order valence-corrected chi connectivity index (χ3v) is 10.9. The van der Waals surface area contributed by atoms with Crippen LogP contribution in [-0.4, -0.2) is 45.7 Å². The summed E-state index contributed by atoms with van der Waals surface area (Å²) in [4.78, 5) is 19.2. The molecule has 0 N–H and O–H groups in total. The number of ether oxygens (including phenoxy) is 1. The van der Waals surface area contributed by atoms with E-state index in [0.717, 1.165) is 18.4 Å². The maximum absolute atomic E-state index is 12.1. The van der Waals surface area contributed by atoms with Gasteiger partial charge in [-0.25, -0.2) is 4.98 Å². The Hall–Kier alpha value is -1.62. The minimum Gasteiger partial charge on any atom is -0.460 e. The van der Waals surface area contributed by atoms with E-state index in [4.69, 9.17) is 4.74 Å². The van der Waals surface area contributed by atoms with Gasteiger partial charge < -0.3 is 14.2 Å². The molecule has 180 valence electrons. The molecule has 1 aromatic heterocycles. The first-order valence-electron chi connectivity index (χ1n) is 13.5. The van der Waals surface area contributed by atoms with Crippen LogP contribution in [0.1, 0.15) is 84.6 Å². The van der Waals surface area contributed by atoms with Crippen molar-refractivity contribution in [3.63, 3.8) is 0 Å². The molecule has 0 bridgehead atoms. The lowest BCUT2D eigenvalue weighted by molar-refractivity contribution is -0.159. The van der Waals surface area contributed by atoms with Crippen molar-refractivity contribution in [1.82, 2.24) is 14.5 Å². The first-order valence-corrected chi connectivity index (χ1v) is 13.5. The Morgan fingerprint density at radius 1 is 1.15 bits per heavy atom. The number of fused-ring (bicyclic) bond motifs is 5. The third kappa shape index (κ3) is 3.36. The van der Waals surface area contributed by atoms with E-state index in [1.54, 1.807) is 12.5 Å². The van der Waals surface area contributed by atoms with Crippen molar-refractivity contribution in [3.8, 4) is 0 Å². The molecule has 0 aromatic carbocycles. The minimum absolute atomic E-state index is 0.0518. The number of imidazole rings is 1. The summed E-state index contributed by atoms with van der Waals surface area (Å²) >= 11 is 0. The van der Waals surface area contributed by atoms with Crippen LogP contribution in [0.5, 0.6) is 0 Å². The molecule has 1 aromatic rings. The molecule has 1 saturated heterocycles. The normalized spacial score (nSPS) is 45.1. The molecule has 4 fully saturated rings. The predicted octanol–water partition coefficient (Wildman–Crippen LogP) is 5.39. The van der Waals surface area contributed by atoms with Crippen LogP contribution >= 0.6 is 0 Å². The number of hydrogen-bond acceptors (Lipinski definition) is 4. The molecule has 0 spiro atoms. The van der Waals surface area contributed by atoms with E-state index in [9.17, 15) is 4.79 Å². The smallest absolute Gasteiger partial charge is 0.302 e. The molecule has 5 heteroatoms. The topological polar surface area (TPSA) is 47.4 Å². The second-order valence-corrected chi connectivity index (χ2v) is 12.3. The molecule has 6 rings (SSSR count). The average molecular weight is 452 g/mol. The quantitative estimate of drug-likeness (QED) is 0.456. The molecule has 8 atom stereocenters. The zero-order valence-corrected chi connectivity index (χ0v) is 20.7. The predicted molar refractivity (Wildman–Crippen MR) is 128 cm³/mol. The summed E-state index contributed by atoms with van der Waals surface area (Å²) in [5.74, 6) is 1.92. The zero-order chi connectivity index (χ0) is 22.8. The van der Waals surface area contributed by atoms with Crippen molar-refractivity contribution in [2.45, 2.75) is 96.7 Å². The van der Waals surface area contributed by atoms with Crippen molar-refractivity contribution < 1.29 is 9.53 Å². The van der Waals surface area contributed by atoms with Gasteiger partial charge in [-0.15, -0.1) is 0 Å². The minimum atomic E-state index is -0.146. The lowest BCUT2D eigenvalue weighted by Gasteiger charge is -2.58. The first kappa shape index (κ1) is 21.9. The van der Waals surface area contributed by atoms with Crippen LogP contribution in [-0.2, 0) is 9.53 Å². The van der Waals surface area contributed by atoms with Crippen LogP contribution in [0.2, 0.25) is 0 Å². The molecule has 33 heavy (non-hydrogen) atoms. The number of esters is 1. The molecular formula is C28H41N3O2. The molecule has 1 aliphatic heterocycles. The van der Waals surface area contributed by atoms with Gasteiger partial charge in [0.15, 0.2) is 0 Å². The first-order chi connectivity index (χ1) is 15.9.